The third kappa shape index (κ3) is 3.45. The Hall–Kier alpha value is -2.19. The summed E-state index contributed by atoms with van der Waals surface area (Å²) in [5.74, 6) is -0.594. The lowest BCUT2D eigenvalue weighted by Gasteiger charge is -2.16. The quantitative estimate of drug-likeness (QED) is 0.851. The summed E-state index contributed by atoms with van der Waals surface area (Å²) in [6, 6.07) is 14.0. The van der Waals surface area contributed by atoms with Crippen molar-refractivity contribution in [2.75, 3.05) is 6.26 Å². The Kier molecular flexibility index (Phi) is 4.20. The largest absolute Gasteiger partial charge is 0.273 e. The monoisotopic (exact) mass is 379 g/mol. The molecular formula is C17H17NO5S2. The molecule has 0 heterocycles. The van der Waals surface area contributed by atoms with Crippen molar-refractivity contribution >= 4 is 25.8 Å². The first-order valence-corrected chi connectivity index (χ1v) is 11.0. The molecule has 0 bridgehead atoms. The second-order valence-corrected chi connectivity index (χ2v) is 9.83. The van der Waals surface area contributed by atoms with Crippen molar-refractivity contribution in [3.63, 3.8) is 0 Å². The molecule has 0 saturated heterocycles. The lowest BCUT2D eigenvalue weighted by Crippen LogP contribution is -2.38. The molecule has 0 spiro atoms. The average molecular weight is 379 g/mol. The van der Waals surface area contributed by atoms with Crippen molar-refractivity contribution < 1.29 is 21.6 Å². The SMILES string of the molecule is CS(=O)(=O)c1cccc(S(=O)(=O)NC(=O)C2(c3ccccc3)CC2)c1. The van der Waals surface area contributed by atoms with Crippen LogP contribution in [0, 0.1) is 0 Å². The summed E-state index contributed by atoms with van der Waals surface area (Å²) in [6.45, 7) is 0. The molecule has 132 valence electrons. The summed E-state index contributed by atoms with van der Waals surface area (Å²) in [4.78, 5) is 12.2. The number of sulfonamides is 1. The number of carbonyl (C=O) groups excluding carboxylic acids is 1. The van der Waals surface area contributed by atoms with Gasteiger partial charge in [-0.25, -0.2) is 21.6 Å². The number of hydrogen-bond acceptors (Lipinski definition) is 5. The predicted molar refractivity (Wildman–Crippen MR) is 92.2 cm³/mol. The Balaban J connectivity index is 1.89. The van der Waals surface area contributed by atoms with Gasteiger partial charge >= 0.3 is 0 Å². The van der Waals surface area contributed by atoms with E-state index in [1.54, 1.807) is 24.3 Å². The minimum atomic E-state index is -4.16. The van der Waals surface area contributed by atoms with Gasteiger partial charge in [-0.05, 0) is 36.6 Å². The molecule has 1 fully saturated rings. The summed E-state index contributed by atoms with van der Waals surface area (Å²) < 4.78 is 50.3. The molecule has 1 aliphatic rings. The Morgan fingerprint density at radius 3 is 2.08 bits per heavy atom. The highest BCUT2D eigenvalue weighted by Gasteiger charge is 2.52. The van der Waals surface area contributed by atoms with E-state index in [2.05, 4.69) is 4.72 Å². The molecule has 0 radical (unpaired) electrons. The van der Waals surface area contributed by atoms with Crippen LogP contribution in [-0.4, -0.2) is 29.0 Å². The highest BCUT2D eigenvalue weighted by atomic mass is 32.2. The molecule has 8 heteroatoms. The molecule has 3 rings (SSSR count). The zero-order valence-corrected chi connectivity index (χ0v) is 15.1. The predicted octanol–water partition coefficient (Wildman–Crippen LogP) is 1.63. The summed E-state index contributed by atoms with van der Waals surface area (Å²) in [7, 11) is -7.71. The fourth-order valence-corrected chi connectivity index (χ4v) is 4.52. The van der Waals surface area contributed by atoms with Gasteiger partial charge in [-0.3, -0.25) is 4.79 Å². The molecule has 1 amide bonds. The van der Waals surface area contributed by atoms with E-state index in [0.717, 1.165) is 17.9 Å². The molecule has 0 unspecified atom stereocenters. The molecule has 2 aromatic rings. The number of carbonyl (C=O) groups is 1. The highest BCUT2D eigenvalue weighted by molar-refractivity contribution is 7.91. The van der Waals surface area contributed by atoms with E-state index in [1.165, 1.54) is 18.2 Å². The van der Waals surface area contributed by atoms with Gasteiger partial charge in [0.2, 0.25) is 5.91 Å². The highest BCUT2D eigenvalue weighted by Crippen LogP contribution is 2.48. The van der Waals surface area contributed by atoms with E-state index in [4.69, 9.17) is 0 Å². The van der Waals surface area contributed by atoms with Crippen molar-refractivity contribution in [1.29, 1.82) is 0 Å². The van der Waals surface area contributed by atoms with Crippen molar-refractivity contribution in [2.24, 2.45) is 0 Å². The van der Waals surface area contributed by atoms with Crippen LogP contribution < -0.4 is 4.72 Å². The minimum Gasteiger partial charge on any atom is -0.273 e. The molecule has 2 aromatic carbocycles. The number of rotatable bonds is 5. The first-order valence-electron chi connectivity index (χ1n) is 7.58. The fraction of sp³-hybridized carbons (Fsp3) is 0.235. The molecule has 1 saturated carbocycles. The van der Waals surface area contributed by atoms with Gasteiger partial charge < -0.3 is 0 Å². The number of sulfone groups is 1. The maximum absolute atomic E-state index is 12.6. The van der Waals surface area contributed by atoms with E-state index in [9.17, 15) is 21.6 Å². The number of amides is 1. The Labute approximate surface area is 146 Å². The molecule has 0 aliphatic heterocycles. The van der Waals surface area contributed by atoms with Gasteiger partial charge in [0.25, 0.3) is 10.0 Å². The number of nitrogens with one attached hydrogen (secondary N) is 1. The topological polar surface area (TPSA) is 97.4 Å². The Bertz CT molecular complexity index is 1020. The van der Waals surface area contributed by atoms with Gasteiger partial charge in [-0.1, -0.05) is 36.4 Å². The van der Waals surface area contributed by atoms with Crippen molar-refractivity contribution in [2.45, 2.75) is 28.0 Å². The van der Waals surface area contributed by atoms with Crippen LogP contribution in [0.5, 0.6) is 0 Å². The standard InChI is InChI=1S/C17H17NO5S2/c1-24(20,21)14-8-5-9-15(12-14)25(22,23)18-16(19)17(10-11-17)13-6-3-2-4-7-13/h2-9,12H,10-11H2,1H3,(H,18,19). The van der Waals surface area contributed by atoms with Crippen LogP contribution in [0.2, 0.25) is 0 Å². The molecule has 1 aliphatic carbocycles. The van der Waals surface area contributed by atoms with Crippen LogP contribution in [0.15, 0.2) is 64.4 Å². The summed E-state index contributed by atoms with van der Waals surface area (Å²) in [5.41, 5.74) is -0.0597. The van der Waals surface area contributed by atoms with Gasteiger partial charge in [0.05, 0.1) is 15.2 Å². The zero-order valence-electron chi connectivity index (χ0n) is 13.5. The van der Waals surface area contributed by atoms with E-state index >= 15 is 0 Å². The fourth-order valence-electron chi connectivity index (χ4n) is 2.68. The Morgan fingerprint density at radius 1 is 0.920 bits per heavy atom. The first kappa shape index (κ1) is 17.6. The van der Waals surface area contributed by atoms with Gasteiger partial charge in [-0.15, -0.1) is 0 Å². The van der Waals surface area contributed by atoms with Crippen molar-refractivity contribution in [1.82, 2.24) is 4.72 Å². The minimum absolute atomic E-state index is 0.119. The molecule has 0 aromatic heterocycles. The van der Waals surface area contributed by atoms with Crippen molar-refractivity contribution in [3.8, 4) is 0 Å². The molecular weight excluding hydrogens is 362 g/mol. The summed E-state index contributed by atoms with van der Waals surface area (Å²) in [5, 5.41) is 0. The first-order chi connectivity index (χ1) is 11.7. The van der Waals surface area contributed by atoms with Crippen LogP contribution in [0.4, 0.5) is 0 Å². The van der Waals surface area contributed by atoms with Crippen LogP contribution in [0.25, 0.3) is 0 Å². The summed E-state index contributed by atoms with van der Waals surface area (Å²) in [6.07, 6.45) is 2.13. The molecule has 0 atom stereocenters. The maximum atomic E-state index is 12.6. The van der Waals surface area contributed by atoms with E-state index in [-0.39, 0.29) is 9.79 Å². The van der Waals surface area contributed by atoms with Gasteiger partial charge in [0.15, 0.2) is 9.84 Å². The van der Waals surface area contributed by atoms with Gasteiger partial charge in [0.1, 0.15) is 0 Å². The second kappa shape index (κ2) is 5.96. The average Bonchev–Trinajstić information content (AvgIpc) is 3.37. The molecule has 6 nitrogen and oxygen atoms in total. The van der Waals surface area contributed by atoms with Crippen molar-refractivity contribution in [3.05, 3.63) is 60.2 Å². The van der Waals surface area contributed by atoms with Crippen LogP contribution in [-0.2, 0) is 30.1 Å². The summed E-state index contributed by atoms with van der Waals surface area (Å²) >= 11 is 0. The van der Waals surface area contributed by atoms with Crippen LogP contribution in [0.3, 0.4) is 0 Å². The van der Waals surface area contributed by atoms with Gasteiger partial charge in [0, 0.05) is 6.26 Å². The second-order valence-electron chi connectivity index (χ2n) is 6.13. The Morgan fingerprint density at radius 2 is 1.52 bits per heavy atom. The molecule has 25 heavy (non-hydrogen) atoms. The van der Waals surface area contributed by atoms with E-state index in [1.807, 2.05) is 6.07 Å². The van der Waals surface area contributed by atoms with E-state index in [0.29, 0.717) is 12.8 Å². The third-order valence-electron chi connectivity index (χ3n) is 4.28. The zero-order chi connectivity index (χ0) is 18.3. The lowest BCUT2D eigenvalue weighted by molar-refractivity contribution is -0.121. The van der Waals surface area contributed by atoms with Gasteiger partial charge in [-0.2, -0.15) is 0 Å². The lowest BCUT2D eigenvalue weighted by atomic mass is 9.96. The third-order valence-corrected chi connectivity index (χ3v) is 6.72. The molecule has 1 N–H and O–H groups in total. The number of hydrogen-bond donors (Lipinski definition) is 1. The number of benzene rings is 2. The normalized spacial score (nSPS) is 16.2. The maximum Gasteiger partial charge on any atom is 0.264 e. The smallest absolute Gasteiger partial charge is 0.264 e. The van der Waals surface area contributed by atoms with Crippen LogP contribution >= 0.6 is 0 Å². The van der Waals surface area contributed by atoms with E-state index < -0.39 is 31.2 Å². The van der Waals surface area contributed by atoms with Crippen LogP contribution in [0.1, 0.15) is 18.4 Å².